The third-order valence-corrected chi connectivity index (χ3v) is 3.00. The highest BCUT2D eigenvalue weighted by molar-refractivity contribution is 14.0. The van der Waals surface area contributed by atoms with E-state index >= 15 is 0 Å². The fourth-order valence-corrected chi connectivity index (χ4v) is 1.98. The summed E-state index contributed by atoms with van der Waals surface area (Å²) < 4.78 is 5.35. The zero-order chi connectivity index (χ0) is 18.0. The first-order valence-electron chi connectivity index (χ1n) is 7.95. The molecule has 140 valence electrons. The van der Waals surface area contributed by atoms with Gasteiger partial charge < -0.3 is 20.7 Å². The van der Waals surface area contributed by atoms with Gasteiger partial charge in [-0.25, -0.2) is 4.79 Å². The van der Waals surface area contributed by atoms with Crippen molar-refractivity contribution in [3.63, 3.8) is 0 Å². The Morgan fingerprint density at radius 3 is 2.44 bits per heavy atom. The van der Waals surface area contributed by atoms with E-state index in [1.165, 1.54) is 0 Å². The molecule has 1 aromatic rings. The SMILES string of the molecule is C=CCNC(=NC)NCC(NC(=O)OC(C)(C)C)c1ccccc1.I. The molecule has 1 atom stereocenters. The van der Waals surface area contributed by atoms with Gasteiger partial charge in [-0.05, 0) is 26.3 Å². The van der Waals surface area contributed by atoms with E-state index in [2.05, 4.69) is 27.5 Å². The Hall–Kier alpha value is -1.77. The molecule has 0 aliphatic rings. The average molecular weight is 460 g/mol. The molecule has 0 bridgehead atoms. The van der Waals surface area contributed by atoms with Gasteiger partial charge in [0, 0.05) is 20.1 Å². The predicted octanol–water partition coefficient (Wildman–Crippen LogP) is 3.22. The van der Waals surface area contributed by atoms with Crippen molar-refractivity contribution < 1.29 is 9.53 Å². The minimum atomic E-state index is -0.541. The van der Waals surface area contributed by atoms with Crippen LogP contribution in [0.5, 0.6) is 0 Å². The number of hydrogen-bond donors (Lipinski definition) is 3. The molecule has 0 aliphatic heterocycles. The van der Waals surface area contributed by atoms with Crippen LogP contribution in [0.4, 0.5) is 4.79 Å². The lowest BCUT2D eigenvalue weighted by atomic mass is 10.1. The summed E-state index contributed by atoms with van der Waals surface area (Å²) in [5, 5.41) is 9.18. The van der Waals surface area contributed by atoms with Gasteiger partial charge in [-0.3, -0.25) is 4.99 Å². The van der Waals surface area contributed by atoms with Gasteiger partial charge in [-0.15, -0.1) is 30.6 Å². The van der Waals surface area contributed by atoms with E-state index < -0.39 is 11.7 Å². The Kier molecular flexibility index (Phi) is 10.9. The van der Waals surface area contributed by atoms with Gasteiger partial charge in [0.05, 0.1) is 6.04 Å². The lowest BCUT2D eigenvalue weighted by Crippen LogP contribution is -2.44. The van der Waals surface area contributed by atoms with E-state index in [1.807, 2.05) is 51.1 Å². The Bertz CT molecular complexity index is 556. The topological polar surface area (TPSA) is 74.8 Å². The number of nitrogens with one attached hydrogen (secondary N) is 3. The van der Waals surface area contributed by atoms with Gasteiger partial charge >= 0.3 is 6.09 Å². The third-order valence-electron chi connectivity index (χ3n) is 3.00. The lowest BCUT2D eigenvalue weighted by Gasteiger charge is -2.24. The first-order chi connectivity index (χ1) is 11.4. The molecular formula is C18H29IN4O2. The van der Waals surface area contributed by atoms with Crippen LogP contribution in [0.1, 0.15) is 32.4 Å². The third kappa shape index (κ3) is 9.96. The van der Waals surface area contributed by atoms with Crippen molar-refractivity contribution in [3.05, 3.63) is 48.6 Å². The van der Waals surface area contributed by atoms with Crippen LogP contribution in [0, 0.1) is 0 Å². The highest BCUT2D eigenvalue weighted by Gasteiger charge is 2.20. The van der Waals surface area contributed by atoms with Crippen LogP contribution in [0.3, 0.4) is 0 Å². The zero-order valence-corrected chi connectivity index (χ0v) is 17.7. The molecule has 0 saturated heterocycles. The molecule has 0 aliphatic carbocycles. The summed E-state index contributed by atoms with van der Waals surface area (Å²) in [5.41, 5.74) is 0.440. The minimum absolute atomic E-state index is 0. The smallest absolute Gasteiger partial charge is 0.408 e. The van der Waals surface area contributed by atoms with E-state index in [0.717, 1.165) is 5.56 Å². The molecule has 1 aromatic carbocycles. The van der Waals surface area contributed by atoms with Crippen molar-refractivity contribution in [2.45, 2.75) is 32.4 Å². The largest absolute Gasteiger partial charge is 0.444 e. The molecule has 0 aromatic heterocycles. The zero-order valence-electron chi connectivity index (χ0n) is 15.3. The van der Waals surface area contributed by atoms with Gasteiger partial charge in [0.2, 0.25) is 0 Å². The molecule has 0 spiro atoms. The molecule has 1 amide bonds. The highest BCUT2D eigenvalue weighted by Crippen LogP contribution is 2.14. The molecular weight excluding hydrogens is 431 g/mol. The summed E-state index contributed by atoms with van der Waals surface area (Å²) in [6.07, 6.45) is 1.30. The first kappa shape index (κ1) is 23.2. The van der Waals surface area contributed by atoms with Crippen LogP contribution in [-0.2, 0) is 4.74 Å². The average Bonchev–Trinajstić information content (AvgIpc) is 2.53. The van der Waals surface area contributed by atoms with Gasteiger partial charge in [0.25, 0.3) is 0 Å². The van der Waals surface area contributed by atoms with Crippen molar-refractivity contribution in [1.29, 1.82) is 0 Å². The minimum Gasteiger partial charge on any atom is -0.444 e. The summed E-state index contributed by atoms with van der Waals surface area (Å²) in [6, 6.07) is 9.48. The molecule has 25 heavy (non-hydrogen) atoms. The number of amides is 1. The molecule has 1 rings (SSSR count). The number of carbonyl (C=O) groups excluding carboxylic acids is 1. The van der Waals surface area contributed by atoms with Gasteiger partial charge in [0.1, 0.15) is 5.60 Å². The molecule has 3 N–H and O–H groups in total. The standard InChI is InChI=1S/C18H28N4O2.HI/c1-6-12-20-16(19-5)21-13-15(14-10-8-7-9-11-14)22-17(23)24-18(2,3)4;/h6-11,15H,1,12-13H2,2-5H3,(H,22,23)(H2,19,20,21);1H. The van der Waals surface area contributed by atoms with Gasteiger partial charge in [-0.2, -0.15) is 0 Å². The number of nitrogens with zero attached hydrogens (tertiary/aromatic N) is 1. The Morgan fingerprint density at radius 1 is 1.28 bits per heavy atom. The molecule has 7 heteroatoms. The summed E-state index contributed by atoms with van der Waals surface area (Å²) in [7, 11) is 1.69. The van der Waals surface area contributed by atoms with Crippen LogP contribution < -0.4 is 16.0 Å². The number of benzene rings is 1. The molecule has 0 fully saturated rings. The number of carbonyl (C=O) groups is 1. The van der Waals surface area contributed by atoms with Crippen molar-refractivity contribution in [1.82, 2.24) is 16.0 Å². The number of guanidine groups is 1. The van der Waals surface area contributed by atoms with Crippen LogP contribution in [-0.4, -0.2) is 37.8 Å². The quantitative estimate of drug-likeness (QED) is 0.264. The van der Waals surface area contributed by atoms with Gasteiger partial charge in [0.15, 0.2) is 5.96 Å². The molecule has 6 nitrogen and oxygen atoms in total. The monoisotopic (exact) mass is 460 g/mol. The van der Waals surface area contributed by atoms with Crippen molar-refractivity contribution in [2.75, 3.05) is 20.1 Å². The number of alkyl carbamates (subject to hydrolysis) is 1. The number of rotatable bonds is 6. The lowest BCUT2D eigenvalue weighted by molar-refractivity contribution is 0.0504. The molecule has 0 heterocycles. The van der Waals surface area contributed by atoms with Crippen LogP contribution in [0.2, 0.25) is 0 Å². The maximum atomic E-state index is 12.1. The van der Waals surface area contributed by atoms with Crippen molar-refractivity contribution in [2.24, 2.45) is 4.99 Å². The second-order valence-corrected chi connectivity index (χ2v) is 6.23. The van der Waals surface area contributed by atoms with Crippen LogP contribution >= 0.6 is 24.0 Å². The Balaban J connectivity index is 0.00000576. The number of halogens is 1. The van der Waals surface area contributed by atoms with Crippen molar-refractivity contribution >= 4 is 36.0 Å². The second-order valence-electron chi connectivity index (χ2n) is 6.23. The van der Waals surface area contributed by atoms with Crippen molar-refractivity contribution in [3.8, 4) is 0 Å². The van der Waals surface area contributed by atoms with E-state index in [0.29, 0.717) is 19.0 Å². The first-order valence-corrected chi connectivity index (χ1v) is 7.95. The normalized spacial score (nSPS) is 12.4. The maximum Gasteiger partial charge on any atom is 0.408 e. The highest BCUT2D eigenvalue weighted by atomic mass is 127. The summed E-state index contributed by atoms with van der Waals surface area (Å²) in [5.74, 6) is 0.641. The second kappa shape index (κ2) is 11.7. The molecule has 0 saturated carbocycles. The van der Waals surface area contributed by atoms with Gasteiger partial charge in [-0.1, -0.05) is 36.4 Å². The Labute approximate surface area is 167 Å². The fourth-order valence-electron chi connectivity index (χ4n) is 1.98. The predicted molar refractivity (Wildman–Crippen MR) is 114 cm³/mol. The maximum absolute atomic E-state index is 12.1. The van der Waals surface area contributed by atoms with E-state index in [9.17, 15) is 4.79 Å². The Morgan fingerprint density at radius 2 is 1.92 bits per heavy atom. The summed E-state index contributed by atoms with van der Waals surface area (Å²) in [4.78, 5) is 16.2. The number of hydrogen-bond acceptors (Lipinski definition) is 3. The number of aliphatic imine (C=N–C) groups is 1. The van der Waals surface area contributed by atoms with Crippen LogP contribution in [0.15, 0.2) is 48.0 Å². The van der Waals surface area contributed by atoms with E-state index in [1.54, 1.807) is 13.1 Å². The van der Waals surface area contributed by atoms with E-state index in [4.69, 9.17) is 4.74 Å². The van der Waals surface area contributed by atoms with Crippen LogP contribution in [0.25, 0.3) is 0 Å². The molecule has 1 unspecified atom stereocenters. The summed E-state index contributed by atoms with van der Waals surface area (Å²) >= 11 is 0. The number of ether oxygens (including phenoxy) is 1. The van der Waals surface area contributed by atoms with E-state index in [-0.39, 0.29) is 30.0 Å². The fraction of sp³-hybridized carbons (Fsp3) is 0.444. The summed E-state index contributed by atoms with van der Waals surface area (Å²) in [6.45, 7) is 10.3. The molecule has 0 radical (unpaired) electrons.